The summed E-state index contributed by atoms with van der Waals surface area (Å²) in [7, 11) is 5.74. The largest absolute Gasteiger partial charge is 0.373 e. The maximum absolute atomic E-state index is 12.2. The second-order valence-corrected chi connectivity index (χ2v) is 7.37. The van der Waals surface area contributed by atoms with Gasteiger partial charge >= 0.3 is 0 Å². The second-order valence-electron chi connectivity index (χ2n) is 6.95. The van der Waals surface area contributed by atoms with Crippen molar-refractivity contribution in [1.29, 1.82) is 0 Å². The molecule has 1 aliphatic carbocycles. The number of hydrogen-bond acceptors (Lipinski definition) is 4. The Balaban J connectivity index is 2.45. The van der Waals surface area contributed by atoms with Crippen molar-refractivity contribution >= 4 is 36.9 Å². The van der Waals surface area contributed by atoms with Crippen LogP contribution in [0.15, 0.2) is 0 Å². The Morgan fingerprint density at radius 3 is 2.46 bits per heavy atom. The van der Waals surface area contributed by atoms with Gasteiger partial charge < -0.3 is 21.3 Å². The van der Waals surface area contributed by atoms with Gasteiger partial charge in [-0.05, 0) is 38.0 Å². The highest BCUT2D eigenvalue weighted by molar-refractivity contribution is 7.80. The molecule has 1 rings (SSSR count). The number of hydrogen-bond donors (Lipinski definition) is 3. The van der Waals surface area contributed by atoms with E-state index < -0.39 is 6.04 Å². The van der Waals surface area contributed by atoms with E-state index in [1.807, 2.05) is 11.8 Å². The lowest BCUT2D eigenvalue weighted by Gasteiger charge is -2.29. The topological polar surface area (TPSA) is 87.5 Å². The summed E-state index contributed by atoms with van der Waals surface area (Å²) in [4.78, 5) is 26.9. The van der Waals surface area contributed by atoms with E-state index >= 15 is 0 Å². The molecular formula is C18H33BN4O2S. The number of carbonyl (C=O) groups is 2. The number of nitrogens with one attached hydrogen (secondary N) is 2. The SMILES string of the molecule is [B]CN(CCC)C(=S)[C@H](CC)NC(=O)CNC(=O)[C@@H](N)C1CCCCC1. The van der Waals surface area contributed by atoms with Crippen LogP contribution < -0.4 is 16.4 Å². The average molecular weight is 380 g/mol. The van der Waals surface area contributed by atoms with E-state index in [0.717, 1.165) is 38.6 Å². The molecule has 0 aromatic carbocycles. The molecule has 146 valence electrons. The van der Waals surface area contributed by atoms with E-state index in [1.54, 1.807) is 0 Å². The first-order valence-electron chi connectivity index (χ1n) is 9.76. The minimum Gasteiger partial charge on any atom is -0.373 e. The van der Waals surface area contributed by atoms with Crippen molar-refractivity contribution in [3.8, 4) is 0 Å². The van der Waals surface area contributed by atoms with Crippen molar-refractivity contribution in [2.45, 2.75) is 70.9 Å². The first kappa shape index (κ1) is 22.9. The Morgan fingerprint density at radius 2 is 1.92 bits per heavy atom. The maximum atomic E-state index is 12.2. The molecule has 1 fully saturated rings. The molecule has 6 nitrogen and oxygen atoms in total. The van der Waals surface area contributed by atoms with E-state index in [1.165, 1.54) is 6.42 Å². The van der Waals surface area contributed by atoms with Gasteiger partial charge in [0.15, 0.2) is 0 Å². The lowest BCUT2D eigenvalue weighted by Crippen LogP contribution is -2.52. The molecule has 0 aromatic heterocycles. The van der Waals surface area contributed by atoms with Crippen LogP contribution in [0.5, 0.6) is 0 Å². The monoisotopic (exact) mass is 380 g/mol. The number of nitrogens with two attached hydrogens (primary N) is 1. The van der Waals surface area contributed by atoms with Gasteiger partial charge in [-0.15, -0.1) is 0 Å². The van der Waals surface area contributed by atoms with Crippen molar-refractivity contribution in [3.05, 3.63) is 0 Å². The lowest BCUT2D eigenvalue weighted by molar-refractivity contribution is -0.127. The Labute approximate surface area is 164 Å². The highest BCUT2D eigenvalue weighted by atomic mass is 32.1. The lowest BCUT2D eigenvalue weighted by atomic mass is 9.84. The summed E-state index contributed by atoms with van der Waals surface area (Å²) in [5.74, 6) is -0.302. The molecule has 4 N–H and O–H groups in total. The van der Waals surface area contributed by atoms with Crippen molar-refractivity contribution in [2.75, 3.05) is 19.5 Å². The Morgan fingerprint density at radius 1 is 1.27 bits per heavy atom. The van der Waals surface area contributed by atoms with Crippen molar-refractivity contribution in [2.24, 2.45) is 11.7 Å². The second kappa shape index (κ2) is 12.3. The van der Waals surface area contributed by atoms with E-state index in [9.17, 15) is 9.59 Å². The van der Waals surface area contributed by atoms with Gasteiger partial charge in [-0.2, -0.15) is 0 Å². The van der Waals surface area contributed by atoms with Gasteiger partial charge in [0.1, 0.15) is 0 Å². The Kier molecular flexibility index (Phi) is 10.8. The molecule has 0 heterocycles. The fourth-order valence-electron chi connectivity index (χ4n) is 3.36. The number of rotatable bonds is 10. The predicted molar refractivity (Wildman–Crippen MR) is 110 cm³/mol. The molecule has 2 radical (unpaired) electrons. The van der Waals surface area contributed by atoms with Crippen LogP contribution in [0.25, 0.3) is 0 Å². The van der Waals surface area contributed by atoms with Gasteiger partial charge in [0.25, 0.3) is 0 Å². The average Bonchev–Trinajstić information content (AvgIpc) is 2.67. The van der Waals surface area contributed by atoms with Gasteiger partial charge in [0.2, 0.25) is 11.8 Å². The van der Waals surface area contributed by atoms with Gasteiger partial charge in [-0.1, -0.05) is 45.3 Å². The maximum Gasteiger partial charge on any atom is 0.239 e. The summed E-state index contributed by atoms with van der Waals surface area (Å²) >= 11 is 5.47. The minimum absolute atomic E-state index is 0.0885. The van der Waals surface area contributed by atoms with Crippen molar-refractivity contribution in [1.82, 2.24) is 15.5 Å². The van der Waals surface area contributed by atoms with Crippen LogP contribution in [0.3, 0.4) is 0 Å². The van der Waals surface area contributed by atoms with Crippen LogP contribution in [0.1, 0.15) is 58.8 Å². The highest BCUT2D eigenvalue weighted by Gasteiger charge is 2.26. The molecule has 1 saturated carbocycles. The summed E-state index contributed by atoms with van der Waals surface area (Å²) in [6, 6.07) is -0.806. The molecule has 0 saturated heterocycles. The summed E-state index contributed by atoms with van der Waals surface area (Å²) in [5, 5.41) is 5.54. The highest BCUT2D eigenvalue weighted by Crippen LogP contribution is 2.25. The number of thiocarbonyl (C=S) groups is 1. The third-order valence-electron chi connectivity index (χ3n) is 4.95. The molecule has 0 bridgehead atoms. The van der Waals surface area contributed by atoms with Crippen LogP contribution in [0.2, 0.25) is 0 Å². The predicted octanol–water partition coefficient (Wildman–Crippen LogP) is 1.07. The van der Waals surface area contributed by atoms with Crippen LogP contribution >= 0.6 is 12.2 Å². The smallest absolute Gasteiger partial charge is 0.239 e. The molecule has 2 amide bonds. The van der Waals surface area contributed by atoms with E-state index in [-0.39, 0.29) is 30.3 Å². The quantitative estimate of drug-likeness (QED) is 0.390. The van der Waals surface area contributed by atoms with Gasteiger partial charge in [0, 0.05) is 6.54 Å². The zero-order valence-corrected chi connectivity index (χ0v) is 16.9. The fraction of sp³-hybridized carbons (Fsp3) is 0.833. The summed E-state index contributed by atoms with van der Waals surface area (Å²) in [5.41, 5.74) is 6.06. The molecule has 0 aliphatic heterocycles. The molecule has 1 aliphatic rings. The normalized spacial score (nSPS) is 17.2. The van der Waals surface area contributed by atoms with Crippen LogP contribution in [0, 0.1) is 5.92 Å². The Hall–Kier alpha value is -1.15. The van der Waals surface area contributed by atoms with Gasteiger partial charge in [-0.3, -0.25) is 9.59 Å². The third kappa shape index (κ3) is 7.23. The molecule has 8 heteroatoms. The molecule has 0 unspecified atom stereocenters. The summed E-state index contributed by atoms with van der Waals surface area (Å²) < 4.78 is 0. The van der Waals surface area contributed by atoms with Crippen LogP contribution in [-0.2, 0) is 9.59 Å². The number of amides is 2. The fourth-order valence-corrected chi connectivity index (χ4v) is 3.75. The van der Waals surface area contributed by atoms with E-state index in [2.05, 4.69) is 17.6 Å². The molecular weight excluding hydrogens is 347 g/mol. The van der Waals surface area contributed by atoms with E-state index in [0.29, 0.717) is 17.9 Å². The van der Waals surface area contributed by atoms with E-state index in [4.69, 9.17) is 25.8 Å². The zero-order chi connectivity index (χ0) is 19.5. The number of carbonyl (C=O) groups excluding carboxylic acids is 2. The van der Waals surface area contributed by atoms with Crippen LogP contribution in [-0.4, -0.2) is 61.2 Å². The summed E-state index contributed by atoms with van der Waals surface area (Å²) in [6.07, 6.45) is 7.35. The zero-order valence-electron chi connectivity index (χ0n) is 16.1. The minimum atomic E-state index is -0.538. The van der Waals surface area contributed by atoms with Crippen molar-refractivity contribution < 1.29 is 9.59 Å². The first-order valence-corrected chi connectivity index (χ1v) is 10.2. The molecule has 26 heavy (non-hydrogen) atoms. The van der Waals surface area contributed by atoms with Gasteiger partial charge in [0.05, 0.1) is 31.5 Å². The van der Waals surface area contributed by atoms with Crippen LogP contribution in [0.4, 0.5) is 0 Å². The molecule has 2 atom stereocenters. The molecule has 0 aromatic rings. The first-order chi connectivity index (χ1) is 12.4. The summed E-state index contributed by atoms with van der Waals surface area (Å²) in [6.45, 7) is 4.68. The third-order valence-corrected chi connectivity index (χ3v) is 5.49. The number of nitrogens with zero attached hydrogens (tertiary/aromatic N) is 1. The standard InChI is InChI=1S/C18H33BN4O2S/c1-3-10-23(12-19)18(26)14(4-2)22-15(24)11-21-17(25)16(20)13-8-6-5-7-9-13/h13-14,16H,3-12,20H2,1-2H3,(H,21,25)(H,22,24)/t14-,16-/m0/s1. The van der Waals surface area contributed by atoms with Gasteiger partial charge in [-0.25, -0.2) is 0 Å². The molecule has 0 spiro atoms. The van der Waals surface area contributed by atoms with Crippen molar-refractivity contribution in [3.63, 3.8) is 0 Å². The Bertz CT molecular complexity index is 472.